The van der Waals surface area contributed by atoms with Crippen molar-refractivity contribution in [3.05, 3.63) is 72.3 Å². The lowest BCUT2D eigenvalue weighted by Crippen LogP contribution is -2.42. The van der Waals surface area contributed by atoms with E-state index in [0.717, 1.165) is 59.3 Å². The highest BCUT2D eigenvalue weighted by molar-refractivity contribution is 5.85. The molecule has 1 heterocycles. The molecule has 3 aromatic rings. The van der Waals surface area contributed by atoms with Gasteiger partial charge in [0.25, 0.3) is 0 Å². The first-order chi connectivity index (χ1) is 16.2. The summed E-state index contributed by atoms with van der Waals surface area (Å²) in [5, 5.41) is 11.0. The SMILES string of the molecule is OCCOc1ccc2ccc(Oc3ccc(C=CC4COC5(CCCC5)OO4)cc3)cc2c1. The Morgan fingerprint density at radius 3 is 2.36 bits per heavy atom. The second-order valence-corrected chi connectivity index (χ2v) is 8.42. The Morgan fingerprint density at radius 2 is 1.64 bits per heavy atom. The Balaban J connectivity index is 1.19. The summed E-state index contributed by atoms with van der Waals surface area (Å²) < 4.78 is 17.5. The quantitative estimate of drug-likeness (QED) is 0.472. The van der Waals surface area contributed by atoms with Crippen LogP contribution in [0.25, 0.3) is 16.8 Å². The smallest absolute Gasteiger partial charge is 0.201 e. The van der Waals surface area contributed by atoms with Crippen molar-refractivity contribution >= 4 is 16.8 Å². The number of ether oxygens (including phenoxy) is 3. The van der Waals surface area contributed by atoms with Gasteiger partial charge in [-0.1, -0.05) is 30.3 Å². The summed E-state index contributed by atoms with van der Waals surface area (Å²) in [5.74, 6) is 1.71. The van der Waals surface area contributed by atoms with E-state index in [2.05, 4.69) is 0 Å². The first kappa shape index (κ1) is 21.9. The van der Waals surface area contributed by atoms with Crippen LogP contribution < -0.4 is 9.47 Å². The Labute approximate surface area is 193 Å². The number of aliphatic hydroxyl groups is 1. The zero-order chi connectivity index (χ0) is 22.5. The van der Waals surface area contributed by atoms with Crippen molar-refractivity contribution in [2.75, 3.05) is 19.8 Å². The molecular weight excluding hydrogens is 420 g/mol. The molecule has 1 spiro atoms. The third kappa shape index (κ3) is 5.37. The van der Waals surface area contributed by atoms with E-state index in [9.17, 15) is 0 Å². The summed E-state index contributed by atoms with van der Waals surface area (Å²) in [6.45, 7) is 0.769. The summed E-state index contributed by atoms with van der Waals surface area (Å²) >= 11 is 0. The van der Waals surface area contributed by atoms with Crippen LogP contribution in [0.4, 0.5) is 0 Å². The molecule has 2 aliphatic rings. The molecule has 6 nitrogen and oxygen atoms in total. The molecular formula is C27H28O6. The molecule has 2 fully saturated rings. The largest absolute Gasteiger partial charge is 0.491 e. The number of hydrogen-bond acceptors (Lipinski definition) is 6. The maximum absolute atomic E-state index is 8.94. The zero-order valence-corrected chi connectivity index (χ0v) is 18.4. The van der Waals surface area contributed by atoms with Crippen LogP contribution in [0.2, 0.25) is 0 Å². The molecule has 1 aliphatic carbocycles. The van der Waals surface area contributed by atoms with Crippen molar-refractivity contribution in [2.45, 2.75) is 37.6 Å². The van der Waals surface area contributed by atoms with Crippen molar-refractivity contribution in [1.29, 1.82) is 0 Å². The van der Waals surface area contributed by atoms with E-state index in [0.29, 0.717) is 6.61 Å². The maximum atomic E-state index is 8.94. The van der Waals surface area contributed by atoms with Gasteiger partial charge in [0, 0.05) is 12.8 Å². The van der Waals surface area contributed by atoms with Gasteiger partial charge in [0.15, 0.2) is 0 Å². The number of fused-ring (bicyclic) bond motifs is 1. The van der Waals surface area contributed by atoms with Gasteiger partial charge >= 0.3 is 0 Å². The Bertz CT molecular complexity index is 1090. The van der Waals surface area contributed by atoms with Crippen molar-refractivity contribution in [3.63, 3.8) is 0 Å². The predicted molar refractivity (Wildman–Crippen MR) is 125 cm³/mol. The topological polar surface area (TPSA) is 66.4 Å². The Morgan fingerprint density at radius 1 is 0.909 bits per heavy atom. The van der Waals surface area contributed by atoms with E-state index in [-0.39, 0.29) is 19.3 Å². The van der Waals surface area contributed by atoms with Gasteiger partial charge in [0.2, 0.25) is 5.79 Å². The minimum atomic E-state index is -0.514. The molecule has 1 unspecified atom stereocenters. The van der Waals surface area contributed by atoms with E-state index in [4.69, 9.17) is 29.1 Å². The lowest BCUT2D eigenvalue weighted by Gasteiger charge is -2.34. The van der Waals surface area contributed by atoms with Crippen LogP contribution in [0.15, 0.2) is 66.7 Å². The molecule has 0 aromatic heterocycles. The van der Waals surface area contributed by atoms with E-state index >= 15 is 0 Å². The van der Waals surface area contributed by atoms with E-state index in [1.807, 2.05) is 72.8 Å². The fourth-order valence-corrected chi connectivity index (χ4v) is 4.19. The van der Waals surface area contributed by atoms with E-state index < -0.39 is 5.79 Å². The average Bonchev–Trinajstić information content (AvgIpc) is 3.31. The number of benzene rings is 3. The van der Waals surface area contributed by atoms with Gasteiger partial charge in [0.1, 0.15) is 30.0 Å². The minimum absolute atomic E-state index is 0.0116. The molecule has 1 aliphatic heterocycles. The van der Waals surface area contributed by atoms with Crippen LogP contribution in [0.1, 0.15) is 31.2 Å². The normalized spacial score (nSPS) is 20.0. The summed E-state index contributed by atoms with van der Waals surface area (Å²) in [6, 6.07) is 19.6. The van der Waals surface area contributed by atoms with Crippen molar-refractivity contribution in [2.24, 2.45) is 0 Å². The fraction of sp³-hybridized carbons (Fsp3) is 0.333. The third-order valence-electron chi connectivity index (χ3n) is 5.96. The monoisotopic (exact) mass is 448 g/mol. The summed E-state index contributed by atoms with van der Waals surface area (Å²) in [7, 11) is 0. The number of hydrogen-bond donors (Lipinski definition) is 1. The summed E-state index contributed by atoms with van der Waals surface area (Å²) in [4.78, 5) is 11.1. The molecule has 0 bridgehead atoms. The van der Waals surface area contributed by atoms with Gasteiger partial charge in [-0.25, -0.2) is 9.78 Å². The lowest BCUT2D eigenvalue weighted by atomic mass is 10.1. The first-order valence-electron chi connectivity index (χ1n) is 11.4. The van der Waals surface area contributed by atoms with Crippen molar-refractivity contribution in [1.82, 2.24) is 0 Å². The van der Waals surface area contributed by atoms with Gasteiger partial charge in [-0.2, -0.15) is 0 Å². The van der Waals surface area contributed by atoms with Crippen LogP contribution >= 0.6 is 0 Å². The zero-order valence-electron chi connectivity index (χ0n) is 18.4. The van der Waals surface area contributed by atoms with Crippen molar-refractivity contribution in [3.8, 4) is 17.2 Å². The molecule has 5 rings (SSSR count). The van der Waals surface area contributed by atoms with Gasteiger partial charge in [-0.15, -0.1) is 0 Å². The van der Waals surface area contributed by atoms with Gasteiger partial charge in [0.05, 0.1) is 13.2 Å². The first-order valence-corrected chi connectivity index (χ1v) is 11.4. The van der Waals surface area contributed by atoms with E-state index in [1.54, 1.807) is 0 Å². The molecule has 1 atom stereocenters. The molecule has 1 saturated heterocycles. The molecule has 33 heavy (non-hydrogen) atoms. The number of aliphatic hydroxyl groups excluding tert-OH is 1. The average molecular weight is 449 g/mol. The minimum Gasteiger partial charge on any atom is -0.491 e. The summed E-state index contributed by atoms with van der Waals surface area (Å²) in [5.41, 5.74) is 1.04. The third-order valence-corrected chi connectivity index (χ3v) is 5.96. The lowest BCUT2D eigenvalue weighted by molar-refractivity contribution is -0.477. The Kier molecular flexibility index (Phi) is 6.60. The molecule has 172 valence electrons. The Hall–Kier alpha value is -2.90. The molecule has 6 heteroatoms. The molecule has 1 saturated carbocycles. The van der Waals surface area contributed by atoms with Crippen LogP contribution in [0, 0.1) is 0 Å². The fourth-order valence-electron chi connectivity index (χ4n) is 4.19. The maximum Gasteiger partial charge on any atom is 0.201 e. The molecule has 3 aromatic carbocycles. The van der Waals surface area contributed by atoms with Gasteiger partial charge < -0.3 is 19.3 Å². The number of rotatable bonds is 7. The predicted octanol–water partition coefficient (Wildman–Crippen LogP) is 5.63. The summed E-state index contributed by atoms with van der Waals surface area (Å²) in [6.07, 6.45) is 7.79. The second kappa shape index (κ2) is 9.93. The van der Waals surface area contributed by atoms with Crippen LogP contribution in [-0.4, -0.2) is 36.8 Å². The van der Waals surface area contributed by atoms with Crippen LogP contribution in [-0.2, 0) is 14.5 Å². The van der Waals surface area contributed by atoms with Gasteiger partial charge in [-0.05, 0) is 71.7 Å². The molecule has 0 amide bonds. The second-order valence-electron chi connectivity index (χ2n) is 8.42. The highest BCUT2D eigenvalue weighted by Gasteiger charge is 2.41. The van der Waals surface area contributed by atoms with Gasteiger partial charge in [-0.3, -0.25) is 0 Å². The van der Waals surface area contributed by atoms with Crippen LogP contribution in [0.5, 0.6) is 17.2 Å². The highest BCUT2D eigenvalue weighted by atomic mass is 17.2. The molecule has 1 N–H and O–H groups in total. The molecule has 0 radical (unpaired) electrons. The highest BCUT2D eigenvalue weighted by Crippen LogP contribution is 2.37. The van der Waals surface area contributed by atoms with E-state index in [1.165, 1.54) is 0 Å². The van der Waals surface area contributed by atoms with Crippen LogP contribution in [0.3, 0.4) is 0 Å². The van der Waals surface area contributed by atoms with Crippen molar-refractivity contribution < 1.29 is 29.1 Å². The standard InChI is InChI=1S/C27H28O6/c28-15-16-29-24-11-6-21-7-12-25(18-22(21)17-24)31-23-8-3-20(4-9-23)5-10-26-19-30-27(33-32-26)13-1-2-14-27/h3-12,17-18,26,28H,1-2,13-16,19H2.